The third-order valence-corrected chi connectivity index (χ3v) is 10.9. The van der Waals surface area contributed by atoms with Gasteiger partial charge in [0.1, 0.15) is 0 Å². The third-order valence-electron chi connectivity index (χ3n) is 10.9. The Bertz CT molecular complexity index is 2950. The van der Waals surface area contributed by atoms with Crippen molar-refractivity contribution in [3.05, 3.63) is 199 Å². The lowest BCUT2D eigenvalue weighted by atomic mass is 9.97. The fourth-order valence-corrected chi connectivity index (χ4v) is 8.28. The van der Waals surface area contributed by atoms with Crippen LogP contribution in [0.15, 0.2) is 176 Å². The van der Waals surface area contributed by atoms with Crippen LogP contribution in [-0.4, -0.2) is 14.5 Å². The number of allylic oxidation sites excluding steroid dienone is 1. The number of rotatable bonds is 7. The van der Waals surface area contributed by atoms with Crippen LogP contribution in [0.3, 0.4) is 0 Å². The first-order chi connectivity index (χ1) is 27.2. The van der Waals surface area contributed by atoms with Crippen LogP contribution < -0.4 is 0 Å². The first-order valence-corrected chi connectivity index (χ1v) is 18.9. The number of para-hydroxylation sites is 1. The molecule has 0 amide bonds. The van der Waals surface area contributed by atoms with Gasteiger partial charge in [-0.1, -0.05) is 152 Å². The molecule has 260 valence electrons. The topological polar surface area (TPSA) is 30.7 Å². The van der Waals surface area contributed by atoms with Gasteiger partial charge in [0.15, 0.2) is 5.82 Å². The molecule has 0 saturated carbocycles. The van der Waals surface area contributed by atoms with Crippen LogP contribution in [0.2, 0.25) is 0 Å². The minimum Gasteiger partial charge on any atom is -0.309 e. The quantitative estimate of drug-likeness (QED) is 0.165. The highest BCUT2D eigenvalue weighted by Gasteiger charge is 2.27. The summed E-state index contributed by atoms with van der Waals surface area (Å²) >= 11 is 0. The molecule has 3 heteroatoms. The number of hydrogen-bond donors (Lipinski definition) is 0. The van der Waals surface area contributed by atoms with Gasteiger partial charge in [0.05, 0.1) is 22.6 Å². The molecular formula is C52H37N3. The first kappa shape index (κ1) is 32.5. The smallest absolute Gasteiger partial charge is 0.160 e. The second kappa shape index (κ2) is 13.4. The molecule has 0 atom stereocenters. The lowest BCUT2D eigenvalue weighted by molar-refractivity contribution is 1.10. The van der Waals surface area contributed by atoms with Crippen LogP contribution in [0, 0.1) is 0 Å². The number of aromatic nitrogens is 3. The van der Waals surface area contributed by atoms with Crippen molar-refractivity contribution in [2.75, 3.05) is 0 Å². The highest BCUT2D eigenvalue weighted by Crippen LogP contribution is 2.43. The predicted molar refractivity (Wildman–Crippen MR) is 231 cm³/mol. The van der Waals surface area contributed by atoms with Crippen molar-refractivity contribution in [3.63, 3.8) is 0 Å². The first-order valence-electron chi connectivity index (χ1n) is 18.9. The van der Waals surface area contributed by atoms with Crippen molar-refractivity contribution in [1.82, 2.24) is 14.5 Å². The number of fused-ring (bicyclic) bond motifs is 5. The average molecular weight is 704 g/mol. The molecule has 2 aromatic heterocycles. The Balaban J connectivity index is 1.03. The molecule has 1 aliphatic carbocycles. The van der Waals surface area contributed by atoms with E-state index in [0.29, 0.717) is 0 Å². The summed E-state index contributed by atoms with van der Waals surface area (Å²) in [6, 6.07) is 58.6. The highest BCUT2D eigenvalue weighted by atomic mass is 15.0. The van der Waals surface area contributed by atoms with Gasteiger partial charge in [0.25, 0.3) is 0 Å². The Hall–Kier alpha value is -7.10. The molecule has 2 heterocycles. The van der Waals surface area contributed by atoms with E-state index in [4.69, 9.17) is 9.97 Å². The van der Waals surface area contributed by atoms with Gasteiger partial charge in [-0.2, -0.15) is 0 Å². The largest absolute Gasteiger partial charge is 0.309 e. The minimum atomic E-state index is 0.746. The summed E-state index contributed by atoms with van der Waals surface area (Å²) in [5, 5.41) is 3.60. The Morgan fingerprint density at radius 2 is 1.16 bits per heavy atom. The maximum atomic E-state index is 5.28. The molecule has 7 aromatic carbocycles. The van der Waals surface area contributed by atoms with Gasteiger partial charge < -0.3 is 4.57 Å². The summed E-state index contributed by atoms with van der Waals surface area (Å²) in [5.41, 5.74) is 17.1. The summed E-state index contributed by atoms with van der Waals surface area (Å²) in [6.45, 7) is 6.20. The van der Waals surface area contributed by atoms with E-state index in [2.05, 4.69) is 188 Å². The van der Waals surface area contributed by atoms with Gasteiger partial charge in [-0.25, -0.2) is 9.97 Å². The fraction of sp³-hybridized carbons (Fsp3) is 0.0385. The molecule has 0 fully saturated rings. The summed E-state index contributed by atoms with van der Waals surface area (Å²) in [5.74, 6) is 0.746. The fourth-order valence-electron chi connectivity index (χ4n) is 8.28. The molecule has 0 N–H and O–H groups in total. The molecule has 1 aliphatic rings. The summed E-state index contributed by atoms with van der Waals surface area (Å²) < 4.78 is 2.33. The monoisotopic (exact) mass is 703 g/mol. The average Bonchev–Trinajstić information content (AvgIpc) is 3.78. The summed E-state index contributed by atoms with van der Waals surface area (Å²) in [7, 11) is 0. The van der Waals surface area contributed by atoms with Gasteiger partial charge in [-0.15, -0.1) is 0 Å². The molecule has 0 spiro atoms. The second-order valence-corrected chi connectivity index (χ2v) is 14.2. The van der Waals surface area contributed by atoms with Crippen molar-refractivity contribution in [2.45, 2.75) is 13.3 Å². The van der Waals surface area contributed by atoms with Crippen molar-refractivity contribution in [2.24, 2.45) is 0 Å². The van der Waals surface area contributed by atoms with E-state index < -0.39 is 0 Å². The van der Waals surface area contributed by atoms with E-state index in [1.165, 1.54) is 60.6 Å². The molecule has 0 unspecified atom stereocenters. The molecule has 0 saturated heterocycles. The lowest BCUT2D eigenvalue weighted by Gasteiger charge is -2.12. The van der Waals surface area contributed by atoms with E-state index in [-0.39, 0.29) is 0 Å². The summed E-state index contributed by atoms with van der Waals surface area (Å²) in [4.78, 5) is 10.5. The van der Waals surface area contributed by atoms with Crippen LogP contribution in [0.4, 0.5) is 0 Å². The maximum Gasteiger partial charge on any atom is 0.160 e. The lowest BCUT2D eigenvalue weighted by Crippen LogP contribution is -1.99. The molecule has 0 aliphatic heterocycles. The molecule has 9 aromatic rings. The van der Waals surface area contributed by atoms with Gasteiger partial charge in [0, 0.05) is 45.3 Å². The van der Waals surface area contributed by atoms with Crippen LogP contribution in [0.25, 0.3) is 95.7 Å². The maximum absolute atomic E-state index is 5.28. The van der Waals surface area contributed by atoms with Crippen molar-refractivity contribution < 1.29 is 0 Å². The number of nitrogens with zero attached hydrogens (tertiary/aromatic N) is 3. The van der Waals surface area contributed by atoms with Crippen LogP contribution in [0.1, 0.15) is 29.3 Å². The Morgan fingerprint density at radius 3 is 1.91 bits per heavy atom. The standard InChI is InChI=1S/C52H37N3/c1-3-13-48-44(4-2)46-18-11-12-19-49(46)55(48)43-27-24-35(25-28-43)38-26-29-45-42(32-38)33-47-50(53-52(54-51(45)47)36-16-9-6-10-17-36)41-23-22-39-30-37(20-21-40(39)31-41)34-14-7-5-8-15-34/h3-32H,2,33H2,1H3/b13-3-. The van der Waals surface area contributed by atoms with E-state index in [1.54, 1.807) is 0 Å². The molecule has 0 radical (unpaired) electrons. The highest BCUT2D eigenvalue weighted by molar-refractivity contribution is 5.96. The van der Waals surface area contributed by atoms with Gasteiger partial charge in [-0.3, -0.25) is 0 Å². The van der Waals surface area contributed by atoms with Crippen molar-refractivity contribution >= 4 is 33.8 Å². The van der Waals surface area contributed by atoms with Crippen LogP contribution in [-0.2, 0) is 6.42 Å². The van der Waals surface area contributed by atoms with Crippen molar-refractivity contribution in [1.29, 1.82) is 0 Å². The predicted octanol–water partition coefficient (Wildman–Crippen LogP) is 13.5. The van der Waals surface area contributed by atoms with E-state index in [0.717, 1.165) is 51.7 Å². The molecular weight excluding hydrogens is 667 g/mol. The van der Waals surface area contributed by atoms with Crippen molar-refractivity contribution in [3.8, 4) is 61.8 Å². The summed E-state index contributed by atoms with van der Waals surface area (Å²) in [6.07, 6.45) is 7.00. The van der Waals surface area contributed by atoms with E-state index >= 15 is 0 Å². The Labute approximate surface area is 321 Å². The van der Waals surface area contributed by atoms with Crippen LogP contribution >= 0.6 is 0 Å². The Kier molecular flexibility index (Phi) is 7.92. The zero-order valence-corrected chi connectivity index (χ0v) is 30.6. The zero-order valence-electron chi connectivity index (χ0n) is 30.6. The minimum absolute atomic E-state index is 0.746. The van der Waals surface area contributed by atoms with E-state index in [9.17, 15) is 0 Å². The van der Waals surface area contributed by atoms with Gasteiger partial charge >= 0.3 is 0 Å². The number of hydrogen-bond acceptors (Lipinski definition) is 2. The second-order valence-electron chi connectivity index (χ2n) is 14.2. The molecule has 10 rings (SSSR count). The number of benzene rings is 7. The molecule has 3 nitrogen and oxygen atoms in total. The zero-order chi connectivity index (χ0) is 36.9. The third kappa shape index (κ3) is 5.60. The normalized spacial score (nSPS) is 12.0. The van der Waals surface area contributed by atoms with Crippen LogP contribution in [0.5, 0.6) is 0 Å². The molecule has 55 heavy (non-hydrogen) atoms. The molecule has 0 bridgehead atoms. The van der Waals surface area contributed by atoms with Gasteiger partial charge in [0.2, 0.25) is 0 Å². The van der Waals surface area contributed by atoms with Gasteiger partial charge in [-0.05, 0) is 81.9 Å². The Morgan fingerprint density at radius 1 is 0.564 bits per heavy atom. The SMILES string of the molecule is C=Cc1c(/C=C\C)n(-c2ccc(-c3ccc4c(c3)Cc3c(-c5ccc6cc(-c7ccccc7)ccc6c5)nc(-c5ccccc5)nc3-4)cc2)c2ccccc12. The van der Waals surface area contributed by atoms with E-state index in [1.807, 2.05) is 12.1 Å².